The Morgan fingerprint density at radius 3 is 2.91 bits per heavy atom. The SMILES string of the molecule is CCOC(=O)CNC1CCc2c(-c3noc(-c4ccc(OC(C)C)c(N)c4)n3)cccc21. The van der Waals surface area contributed by atoms with Crippen LogP contribution in [0.2, 0.25) is 0 Å². The lowest BCUT2D eigenvalue weighted by Crippen LogP contribution is -2.27. The first-order valence-electron chi connectivity index (χ1n) is 10.9. The van der Waals surface area contributed by atoms with Crippen LogP contribution in [0, 0.1) is 0 Å². The van der Waals surface area contributed by atoms with E-state index in [4.69, 9.17) is 19.7 Å². The van der Waals surface area contributed by atoms with E-state index >= 15 is 0 Å². The Morgan fingerprint density at radius 1 is 1.31 bits per heavy atom. The molecule has 0 spiro atoms. The molecule has 1 aromatic heterocycles. The summed E-state index contributed by atoms with van der Waals surface area (Å²) in [4.78, 5) is 16.3. The van der Waals surface area contributed by atoms with Crippen LogP contribution in [0.4, 0.5) is 5.69 Å². The third-order valence-corrected chi connectivity index (χ3v) is 5.36. The van der Waals surface area contributed by atoms with Crippen LogP contribution in [0.25, 0.3) is 22.8 Å². The van der Waals surface area contributed by atoms with Crippen LogP contribution < -0.4 is 15.8 Å². The Labute approximate surface area is 187 Å². The molecule has 0 radical (unpaired) electrons. The zero-order chi connectivity index (χ0) is 22.7. The van der Waals surface area contributed by atoms with E-state index in [0.717, 1.165) is 29.5 Å². The molecule has 168 valence electrons. The van der Waals surface area contributed by atoms with E-state index in [-0.39, 0.29) is 24.7 Å². The number of ether oxygens (including phenoxy) is 2. The molecule has 1 heterocycles. The molecule has 1 aliphatic carbocycles. The Balaban J connectivity index is 1.54. The fourth-order valence-electron chi connectivity index (χ4n) is 3.99. The number of hydrogen-bond acceptors (Lipinski definition) is 8. The average Bonchev–Trinajstić information content (AvgIpc) is 3.41. The largest absolute Gasteiger partial charge is 0.489 e. The molecule has 0 amide bonds. The van der Waals surface area contributed by atoms with Gasteiger partial charge in [0, 0.05) is 17.2 Å². The fraction of sp³-hybridized carbons (Fsp3) is 0.375. The van der Waals surface area contributed by atoms with Crippen molar-refractivity contribution in [1.29, 1.82) is 0 Å². The minimum absolute atomic E-state index is 0.0361. The van der Waals surface area contributed by atoms with Gasteiger partial charge in [0.15, 0.2) is 0 Å². The van der Waals surface area contributed by atoms with Crippen LogP contribution in [0.1, 0.15) is 44.4 Å². The summed E-state index contributed by atoms with van der Waals surface area (Å²) in [5.41, 5.74) is 10.6. The molecule has 0 saturated heterocycles. The molecule has 4 rings (SSSR count). The number of benzene rings is 2. The van der Waals surface area contributed by atoms with Crippen LogP contribution in [-0.4, -0.2) is 35.4 Å². The number of esters is 1. The van der Waals surface area contributed by atoms with Gasteiger partial charge in [-0.25, -0.2) is 0 Å². The van der Waals surface area contributed by atoms with Crippen molar-refractivity contribution in [3.05, 3.63) is 47.5 Å². The summed E-state index contributed by atoms with van der Waals surface area (Å²) in [5, 5.41) is 7.50. The molecular weight excluding hydrogens is 408 g/mol. The van der Waals surface area contributed by atoms with Crippen LogP contribution in [0.5, 0.6) is 5.75 Å². The number of anilines is 1. The monoisotopic (exact) mass is 436 g/mol. The molecule has 1 aliphatic rings. The second-order valence-corrected chi connectivity index (χ2v) is 7.99. The lowest BCUT2D eigenvalue weighted by molar-refractivity contribution is -0.142. The Morgan fingerprint density at radius 2 is 2.16 bits per heavy atom. The number of nitrogens with zero attached hydrogens (tertiary/aromatic N) is 2. The Bertz CT molecular complexity index is 1110. The molecule has 3 aromatic rings. The summed E-state index contributed by atoms with van der Waals surface area (Å²) < 4.78 is 16.2. The number of aromatic nitrogens is 2. The third-order valence-electron chi connectivity index (χ3n) is 5.36. The van der Waals surface area contributed by atoms with Gasteiger partial charge in [-0.3, -0.25) is 4.79 Å². The second kappa shape index (κ2) is 9.40. The highest BCUT2D eigenvalue weighted by atomic mass is 16.5. The minimum atomic E-state index is -0.246. The van der Waals surface area contributed by atoms with Gasteiger partial charge in [-0.2, -0.15) is 4.98 Å². The van der Waals surface area contributed by atoms with Crippen molar-refractivity contribution < 1.29 is 18.8 Å². The van der Waals surface area contributed by atoms with Gasteiger partial charge < -0.3 is 25.0 Å². The van der Waals surface area contributed by atoms with Gasteiger partial charge in [0.1, 0.15) is 5.75 Å². The fourth-order valence-corrected chi connectivity index (χ4v) is 3.99. The van der Waals surface area contributed by atoms with E-state index in [9.17, 15) is 4.79 Å². The smallest absolute Gasteiger partial charge is 0.319 e. The number of fused-ring (bicyclic) bond motifs is 1. The lowest BCUT2D eigenvalue weighted by atomic mass is 10.0. The zero-order valence-corrected chi connectivity index (χ0v) is 18.6. The molecule has 32 heavy (non-hydrogen) atoms. The van der Waals surface area contributed by atoms with Crippen molar-refractivity contribution >= 4 is 11.7 Å². The van der Waals surface area contributed by atoms with E-state index < -0.39 is 0 Å². The molecule has 1 unspecified atom stereocenters. The molecule has 0 saturated carbocycles. The molecule has 0 bridgehead atoms. The maximum atomic E-state index is 11.7. The maximum Gasteiger partial charge on any atom is 0.319 e. The number of nitrogens with two attached hydrogens (primary N) is 1. The van der Waals surface area contributed by atoms with Crippen LogP contribution in [0.3, 0.4) is 0 Å². The average molecular weight is 437 g/mol. The van der Waals surface area contributed by atoms with Crippen LogP contribution >= 0.6 is 0 Å². The predicted octanol–water partition coefficient (Wildman–Crippen LogP) is 3.91. The van der Waals surface area contributed by atoms with Crippen molar-refractivity contribution in [2.75, 3.05) is 18.9 Å². The lowest BCUT2D eigenvalue weighted by Gasteiger charge is -2.14. The number of nitrogens with one attached hydrogen (secondary N) is 1. The molecule has 8 nitrogen and oxygen atoms in total. The molecular formula is C24H28N4O4. The van der Waals surface area contributed by atoms with Crippen molar-refractivity contribution in [3.8, 4) is 28.6 Å². The van der Waals surface area contributed by atoms with Crippen LogP contribution in [0.15, 0.2) is 40.9 Å². The first-order chi connectivity index (χ1) is 15.5. The van der Waals surface area contributed by atoms with Crippen molar-refractivity contribution in [2.45, 2.75) is 45.8 Å². The van der Waals surface area contributed by atoms with Gasteiger partial charge in [-0.1, -0.05) is 23.4 Å². The van der Waals surface area contributed by atoms with Gasteiger partial charge >= 0.3 is 5.97 Å². The highest BCUT2D eigenvalue weighted by molar-refractivity contribution is 5.72. The molecule has 0 fully saturated rings. The van der Waals surface area contributed by atoms with Gasteiger partial charge in [0.2, 0.25) is 5.82 Å². The summed E-state index contributed by atoms with van der Waals surface area (Å²) in [7, 11) is 0. The molecule has 3 N–H and O–H groups in total. The van der Waals surface area contributed by atoms with Crippen molar-refractivity contribution in [1.82, 2.24) is 15.5 Å². The van der Waals surface area contributed by atoms with Crippen molar-refractivity contribution in [3.63, 3.8) is 0 Å². The Kier molecular flexibility index (Phi) is 6.41. The molecule has 0 aliphatic heterocycles. The maximum absolute atomic E-state index is 11.7. The standard InChI is InChI=1S/C24H28N4O4/c1-4-30-22(29)13-26-20-10-9-16-17(20)6-5-7-18(16)23-27-24(32-28-23)15-8-11-21(19(25)12-15)31-14(2)3/h5-8,11-12,14,20,26H,4,9-10,13,25H2,1-3H3. The highest BCUT2D eigenvalue weighted by Gasteiger charge is 2.27. The summed E-state index contributed by atoms with van der Waals surface area (Å²) in [6.07, 6.45) is 1.79. The van der Waals surface area contributed by atoms with E-state index in [1.807, 2.05) is 38.1 Å². The zero-order valence-electron chi connectivity index (χ0n) is 18.6. The molecule has 1 atom stereocenters. The summed E-state index contributed by atoms with van der Waals surface area (Å²) >= 11 is 0. The number of hydrogen-bond donors (Lipinski definition) is 2. The summed E-state index contributed by atoms with van der Waals surface area (Å²) in [5.74, 6) is 1.31. The summed E-state index contributed by atoms with van der Waals surface area (Å²) in [6.45, 7) is 6.27. The number of carbonyl (C=O) groups is 1. The third kappa shape index (κ3) is 4.60. The van der Waals surface area contributed by atoms with Gasteiger partial charge in [-0.05, 0) is 62.9 Å². The number of rotatable bonds is 8. The van der Waals surface area contributed by atoms with E-state index in [2.05, 4.69) is 21.5 Å². The van der Waals surface area contributed by atoms with Crippen LogP contribution in [-0.2, 0) is 16.0 Å². The predicted molar refractivity (Wildman–Crippen MR) is 121 cm³/mol. The van der Waals surface area contributed by atoms with E-state index in [1.54, 1.807) is 13.0 Å². The first-order valence-corrected chi connectivity index (χ1v) is 10.9. The number of nitrogen functional groups attached to an aromatic ring is 1. The van der Waals surface area contributed by atoms with Gasteiger partial charge in [0.05, 0.1) is 24.9 Å². The Hall–Kier alpha value is -3.39. The molecule has 2 aromatic carbocycles. The topological polar surface area (TPSA) is 112 Å². The number of carbonyl (C=O) groups excluding carboxylic acids is 1. The quantitative estimate of drug-likeness (QED) is 0.404. The second-order valence-electron chi connectivity index (χ2n) is 7.99. The van der Waals surface area contributed by atoms with Gasteiger partial charge in [-0.15, -0.1) is 0 Å². The minimum Gasteiger partial charge on any atom is -0.489 e. The normalized spacial score (nSPS) is 15.1. The summed E-state index contributed by atoms with van der Waals surface area (Å²) in [6, 6.07) is 11.6. The first kappa shape index (κ1) is 21.8. The van der Waals surface area contributed by atoms with Gasteiger partial charge in [0.25, 0.3) is 5.89 Å². The highest BCUT2D eigenvalue weighted by Crippen LogP contribution is 2.37. The van der Waals surface area contributed by atoms with Crippen molar-refractivity contribution in [2.24, 2.45) is 0 Å². The van der Waals surface area contributed by atoms with E-state index in [1.165, 1.54) is 5.56 Å². The van der Waals surface area contributed by atoms with E-state index in [0.29, 0.717) is 29.8 Å². The molecule has 8 heteroatoms.